The number of nitrogens with zero attached hydrogens (tertiary/aromatic N) is 3. The van der Waals surface area contributed by atoms with Crippen LogP contribution in [0.2, 0.25) is 0 Å². The topological polar surface area (TPSA) is 71.4 Å². The Hall–Kier alpha value is -2.83. The van der Waals surface area contributed by atoms with Crippen molar-refractivity contribution in [1.82, 2.24) is 5.01 Å². The summed E-state index contributed by atoms with van der Waals surface area (Å²) in [6.07, 6.45) is 10.2. The fraction of sp³-hybridized carbons (Fsp3) is 0.522. The molecule has 4 unspecified atom stereocenters. The van der Waals surface area contributed by atoms with Crippen molar-refractivity contribution >= 4 is 23.7 Å². The first-order valence-electron chi connectivity index (χ1n) is 10.7. The van der Waals surface area contributed by atoms with Crippen molar-refractivity contribution in [2.75, 3.05) is 32.2 Å². The molecule has 3 fully saturated rings. The Morgan fingerprint density at radius 2 is 1.57 bits per heavy atom. The monoisotopic (exact) mass is 409 g/mol. The van der Waals surface area contributed by atoms with Crippen LogP contribution in [-0.2, 0) is 9.59 Å². The van der Waals surface area contributed by atoms with Crippen molar-refractivity contribution in [2.45, 2.75) is 25.7 Å². The number of rotatable bonds is 5. The number of methoxy groups -OCH3 is 2. The summed E-state index contributed by atoms with van der Waals surface area (Å²) >= 11 is 0. The number of hydrogen-bond acceptors (Lipinski definition) is 6. The maximum atomic E-state index is 12.8. The highest BCUT2D eigenvalue weighted by molar-refractivity contribution is 6.07. The maximum absolute atomic E-state index is 12.8. The quantitative estimate of drug-likeness (QED) is 0.425. The van der Waals surface area contributed by atoms with Crippen LogP contribution in [0.1, 0.15) is 31.2 Å². The molecule has 2 bridgehead atoms. The van der Waals surface area contributed by atoms with E-state index in [0.717, 1.165) is 48.8 Å². The smallest absolute Gasteiger partial charge is 0.254 e. The first kappa shape index (κ1) is 19.2. The van der Waals surface area contributed by atoms with E-state index in [1.165, 1.54) is 12.6 Å². The van der Waals surface area contributed by atoms with Gasteiger partial charge in [-0.15, -0.1) is 0 Å². The molecule has 2 amide bonds. The molecule has 5 rings (SSSR count). The third-order valence-electron chi connectivity index (χ3n) is 6.99. The maximum Gasteiger partial charge on any atom is 0.254 e. The lowest BCUT2D eigenvalue weighted by Gasteiger charge is -2.30. The van der Waals surface area contributed by atoms with Crippen LogP contribution in [0.4, 0.5) is 5.69 Å². The number of hydrogen-bond donors (Lipinski definition) is 0. The van der Waals surface area contributed by atoms with Gasteiger partial charge >= 0.3 is 0 Å². The number of imide groups is 1. The molecule has 1 aromatic carbocycles. The van der Waals surface area contributed by atoms with Gasteiger partial charge in [0.05, 0.1) is 38.0 Å². The Morgan fingerprint density at radius 3 is 2.17 bits per heavy atom. The van der Waals surface area contributed by atoms with Crippen molar-refractivity contribution in [3.63, 3.8) is 0 Å². The minimum atomic E-state index is -0.248. The van der Waals surface area contributed by atoms with Gasteiger partial charge in [-0.2, -0.15) is 10.1 Å². The molecule has 4 atom stereocenters. The Kier molecular flexibility index (Phi) is 4.76. The number of ether oxygens (including phenoxy) is 2. The van der Waals surface area contributed by atoms with Gasteiger partial charge in [-0.25, -0.2) is 0 Å². The van der Waals surface area contributed by atoms with Crippen LogP contribution in [0.5, 0.6) is 11.5 Å². The Labute approximate surface area is 176 Å². The van der Waals surface area contributed by atoms with Gasteiger partial charge in [0.25, 0.3) is 11.8 Å². The van der Waals surface area contributed by atoms with Gasteiger partial charge in [-0.3, -0.25) is 9.59 Å². The average molecular weight is 409 g/mol. The summed E-state index contributed by atoms with van der Waals surface area (Å²) in [5.41, 5.74) is 1.67. The Balaban J connectivity index is 1.42. The summed E-state index contributed by atoms with van der Waals surface area (Å²) in [7, 11) is 3.26. The number of amides is 2. The minimum absolute atomic E-state index is 0.176. The number of fused-ring (bicyclic) bond motifs is 5. The van der Waals surface area contributed by atoms with Crippen molar-refractivity contribution < 1.29 is 19.1 Å². The van der Waals surface area contributed by atoms with Crippen LogP contribution < -0.4 is 14.4 Å². The summed E-state index contributed by atoms with van der Waals surface area (Å²) in [6, 6.07) is 3.82. The van der Waals surface area contributed by atoms with Crippen LogP contribution in [0.25, 0.3) is 0 Å². The second-order valence-electron chi connectivity index (χ2n) is 8.55. The Morgan fingerprint density at radius 1 is 0.933 bits per heavy atom. The molecule has 0 aromatic heterocycles. The number of anilines is 1. The molecule has 2 aliphatic carbocycles. The van der Waals surface area contributed by atoms with E-state index < -0.39 is 0 Å². The molecule has 30 heavy (non-hydrogen) atoms. The highest BCUT2D eigenvalue weighted by Crippen LogP contribution is 2.52. The van der Waals surface area contributed by atoms with E-state index in [-0.39, 0.29) is 35.5 Å². The normalized spacial score (nSPS) is 29.9. The van der Waals surface area contributed by atoms with E-state index in [0.29, 0.717) is 11.3 Å². The second kappa shape index (κ2) is 7.45. The van der Waals surface area contributed by atoms with Crippen LogP contribution >= 0.6 is 0 Å². The fourth-order valence-electron chi connectivity index (χ4n) is 5.51. The molecule has 1 saturated carbocycles. The zero-order chi connectivity index (χ0) is 20.8. The molecule has 7 heteroatoms. The third-order valence-corrected chi connectivity index (χ3v) is 6.99. The van der Waals surface area contributed by atoms with E-state index in [9.17, 15) is 9.59 Å². The third kappa shape index (κ3) is 2.90. The summed E-state index contributed by atoms with van der Waals surface area (Å²) in [4.78, 5) is 28.0. The van der Waals surface area contributed by atoms with Crippen LogP contribution in [-0.4, -0.2) is 50.3 Å². The SMILES string of the molecule is COc1cc(N2CCCCC2)c(OC)cc1C=NN1C(=O)C2C3C=CC(C3)C2C1=O. The van der Waals surface area contributed by atoms with Gasteiger partial charge in [0.1, 0.15) is 11.5 Å². The molecule has 0 N–H and O–H groups in total. The van der Waals surface area contributed by atoms with Gasteiger partial charge < -0.3 is 14.4 Å². The van der Waals surface area contributed by atoms with E-state index in [2.05, 4.69) is 22.2 Å². The molecule has 0 radical (unpaired) electrons. The largest absolute Gasteiger partial charge is 0.496 e. The van der Waals surface area contributed by atoms with Gasteiger partial charge in [-0.05, 0) is 43.6 Å². The predicted molar refractivity (Wildman–Crippen MR) is 113 cm³/mol. The minimum Gasteiger partial charge on any atom is -0.496 e. The molecule has 7 nitrogen and oxygen atoms in total. The second-order valence-corrected chi connectivity index (χ2v) is 8.55. The first-order chi connectivity index (χ1) is 14.6. The lowest BCUT2D eigenvalue weighted by molar-refractivity contribution is -0.140. The van der Waals surface area contributed by atoms with Crippen molar-refractivity contribution in [1.29, 1.82) is 0 Å². The lowest BCUT2D eigenvalue weighted by Crippen LogP contribution is -2.29. The van der Waals surface area contributed by atoms with Crippen LogP contribution in [0.3, 0.4) is 0 Å². The highest BCUT2D eigenvalue weighted by atomic mass is 16.5. The van der Waals surface area contributed by atoms with E-state index >= 15 is 0 Å². The summed E-state index contributed by atoms with van der Waals surface area (Å²) < 4.78 is 11.2. The highest BCUT2D eigenvalue weighted by Gasteiger charge is 2.59. The zero-order valence-corrected chi connectivity index (χ0v) is 17.4. The molecule has 1 aromatic rings. The molecule has 2 heterocycles. The molecule has 2 saturated heterocycles. The zero-order valence-electron chi connectivity index (χ0n) is 17.4. The van der Waals surface area contributed by atoms with Crippen molar-refractivity contribution in [3.8, 4) is 11.5 Å². The molecule has 2 aliphatic heterocycles. The number of hydrazone groups is 1. The van der Waals surface area contributed by atoms with Gasteiger partial charge in [-0.1, -0.05) is 12.2 Å². The number of piperidine rings is 1. The standard InChI is InChI=1S/C23H27N3O4/c1-29-18-12-17(25-8-4-3-5-9-25)19(30-2)11-16(18)13-24-26-22(27)20-14-6-7-15(10-14)21(20)23(26)28/h6-7,11-15,20-21H,3-5,8-10H2,1-2H3. The van der Waals surface area contributed by atoms with Crippen LogP contribution in [0, 0.1) is 23.7 Å². The summed E-state index contributed by atoms with van der Waals surface area (Å²) in [6.45, 7) is 1.98. The van der Waals surface area contributed by atoms with Crippen molar-refractivity contribution in [2.24, 2.45) is 28.8 Å². The number of carbonyl (C=O) groups is 2. The molecule has 4 aliphatic rings. The van der Waals surface area contributed by atoms with Gasteiger partial charge in [0, 0.05) is 24.7 Å². The van der Waals surface area contributed by atoms with E-state index in [1.807, 2.05) is 12.1 Å². The average Bonchev–Trinajstić information content (AvgIpc) is 3.46. The number of carbonyl (C=O) groups excluding carboxylic acids is 2. The van der Waals surface area contributed by atoms with Gasteiger partial charge in [0.15, 0.2) is 0 Å². The van der Waals surface area contributed by atoms with E-state index in [4.69, 9.17) is 9.47 Å². The first-order valence-corrected chi connectivity index (χ1v) is 10.7. The Bertz CT molecular complexity index is 905. The van der Waals surface area contributed by atoms with Gasteiger partial charge in [0.2, 0.25) is 0 Å². The molecular weight excluding hydrogens is 382 g/mol. The predicted octanol–water partition coefficient (Wildman–Crippen LogP) is 2.84. The molecule has 0 spiro atoms. The lowest BCUT2D eigenvalue weighted by atomic mass is 9.85. The van der Waals surface area contributed by atoms with Crippen molar-refractivity contribution in [3.05, 3.63) is 29.8 Å². The summed E-state index contributed by atoms with van der Waals surface area (Å²) in [5.74, 6) is 0.858. The number of allylic oxidation sites excluding steroid dienone is 2. The van der Waals surface area contributed by atoms with Crippen LogP contribution in [0.15, 0.2) is 29.4 Å². The fourth-order valence-corrected chi connectivity index (χ4v) is 5.51. The molecule has 158 valence electrons. The molecular formula is C23H27N3O4. The number of benzene rings is 1. The van der Waals surface area contributed by atoms with E-state index in [1.54, 1.807) is 14.2 Å². The summed E-state index contributed by atoms with van der Waals surface area (Å²) in [5, 5.41) is 5.35.